The summed E-state index contributed by atoms with van der Waals surface area (Å²) in [5, 5.41) is 12.3. The molecule has 4 rings (SSSR count). The predicted molar refractivity (Wildman–Crippen MR) is 113 cm³/mol. The maximum absolute atomic E-state index is 13.2. The van der Waals surface area contributed by atoms with Crippen LogP contribution in [0.15, 0.2) is 29.1 Å². The number of rotatable bonds is 3. The SMILES string of the molecule is COc1ccc(C2c3c(nc(N4CC(C)CC(C)C4)[nH]c3=O)NC(=O)C2C#N)cc1. The van der Waals surface area contributed by atoms with E-state index in [0.29, 0.717) is 34.7 Å². The molecule has 2 aliphatic heterocycles. The van der Waals surface area contributed by atoms with Crippen LogP contribution in [-0.2, 0) is 4.79 Å². The summed E-state index contributed by atoms with van der Waals surface area (Å²) in [4.78, 5) is 35.4. The summed E-state index contributed by atoms with van der Waals surface area (Å²) in [5.74, 6) is 0.153. The summed E-state index contributed by atoms with van der Waals surface area (Å²) in [6, 6.07) is 9.11. The van der Waals surface area contributed by atoms with Gasteiger partial charge in [-0.2, -0.15) is 10.2 Å². The van der Waals surface area contributed by atoms with E-state index in [1.165, 1.54) is 0 Å². The number of carbonyl (C=O) groups is 1. The minimum atomic E-state index is -1.02. The molecule has 1 saturated heterocycles. The monoisotopic (exact) mass is 407 g/mol. The number of H-pyrrole nitrogens is 1. The fraction of sp³-hybridized carbons (Fsp3) is 0.455. The highest BCUT2D eigenvalue weighted by Crippen LogP contribution is 2.39. The first-order valence-corrected chi connectivity index (χ1v) is 10.1. The lowest BCUT2D eigenvalue weighted by atomic mass is 9.79. The average molecular weight is 407 g/mol. The molecule has 0 spiro atoms. The maximum atomic E-state index is 13.2. The number of fused-ring (bicyclic) bond motifs is 1. The van der Waals surface area contributed by atoms with Crippen LogP contribution in [0.3, 0.4) is 0 Å². The molecule has 30 heavy (non-hydrogen) atoms. The number of benzene rings is 1. The van der Waals surface area contributed by atoms with Crippen LogP contribution in [0.4, 0.5) is 11.8 Å². The lowest BCUT2D eigenvalue weighted by Crippen LogP contribution is -2.42. The van der Waals surface area contributed by atoms with Crippen molar-refractivity contribution < 1.29 is 9.53 Å². The van der Waals surface area contributed by atoms with Gasteiger partial charge in [-0.1, -0.05) is 26.0 Å². The Balaban J connectivity index is 1.80. The van der Waals surface area contributed by atoms with Crippen molar-refractivity contribution in [3.63, 3.8) is 0 Å². The van der Waals surface area contributed by atoms with Crippen LogP contribution in [0.25, 0.3) is 0 Å². The van der Waals surface area contributed by atoms with Gasteiger partial charge in [0.1, 0.15) is 17.5 Å². The Kier molecular flexibility index (Phi) is 5.20. The highest BCUT2D eigenvalue weighted by atomic mass is 16.5. The van der Waals surface area contributed by atoms with E-state index in [4.69, 9.17) is 4.74 Å². The van der Waals surface area contributed by atoms with Crippen molar-refractivity contribution in [2.24, 2.45) is 17.8 Å². The fourth-order valence-electron chi connectivity index (χ4n) is 4.66. The molecular formula is C22H25N5O3. The van der Waals surface area contributed by atoms with Gasteiger partial charge in [-0.15, -0.1) is 0 Å². The molecule has 3 heterocycles. The topological polar surface area (TPSA) is 111 Å². The standard InChI is InChI=1S/C22H25N5O3/c1-12-8-13(2)11-27(10-12)22-25-19-18(21(29)26-22)17(16(9-23)20(28)24-19)14-4-6-15(30-3)7-5-14/h4-7,12-13,16-17H,8,10-11H2,1-3H3,(H2,24,25,26,28,29). The van der Waals surface area contributed by atoms with E-state index in [0.717, 1.165) is 19.5 Å². The molecule has 0 radical (unpaired) electrons. The minimum Gasteiger partial charge on any atom is -0.497 e. The molecule has 1 amide bonds. The second-order valence-corrected chi connectivity index (χ2v) is 8.35. The number of hydrogen-bond acceptors (Lipinski definition) is 6. The molecule has 1 fully saturated rings. The van der Waals surface area contributed by atoms with Gasteiger partial charge in [-0.05, 0) is 36.0 Å². The molecule has 4 unspecified atom stereocenters. The summed E-state index contributed by atoms with van der Waals surface area (Å²) in [5.41, 5.74) is 0.675. The number of carbonyl (C=O) groups excluding carboxylic acids is 1. The molecule has 2 aliphatic rings. The Labute approximate surface area is 174 Å². The molecule has 0 bridgehead atoms. The molecule has 4 atom stereocenters. The van der Waals surface area contributed by atoms with E-state index in [-0.39, 0.29) is 11.4 Å². The number of aromatic amines is 1. The fourth-order valence-corrected chi connectivity index (χ4v) is 4.66. The zero-order valence-corrected chi connectivity index (χ0v) is 17.3. The molecule has 0 saturated carbocycles. The highest BCUT2D eigenvalue weighted by molar-refractivity contribution is 5.98. The summed E-state index contributed by atoms with van der Waals surface area (Å²) in [7, 11) is 1.56. The van der Waals surface area contributed by atoms with Gasteiger partial charge in [0.2, 0.25) is 11.9 Å². The van der Waals surface area contributed by atoms with Crippen LogP contribution in [-0.4, -0.2) is 36.1 Å². The van der Waals surface area contributed by atoms with E-state index in [9.17, 15) is 14.9 Å². The number of amides is 1. The lowest BCUT2D eigenvalue weighted by Gasteiger charge is -2.36. The molecule has 2 N–H and O–H groups in total. The number of piperidine rings is 1. The zero-order valence-electron chi connectivity index (χ0n) is 17.3. The van der Waals surface area contributed by atoms with Crippen molar-refractivity contribution >= 4 is 17.7 Å². The Hall–Kier alpha value is -3.34. The quantitative estimate of drug-likeness (QED) is 0.809. The second kappa shape index (κ2) is 7.82. The normalized spacial score (nSPS) is 25.8. The van der Waals surface area contributed by atoms with Crippen molar-refractivity contribution in [1.82, 2.24) is 9.97 Å². The molecular weight excluding hydrogens is 382 g/mol. The number of anilines is 2. The first kappa shape index (κ1) is 20.0. The van der Waals surface area contributed by atoms with Gasteiger partial charge >= 0.3 is 0 Å². The highest BCUT2D eigenvalue weighted by Gasteiger charge is 2.40. The van der Waals surface area contributed by atoms with Crippen LogP contribution in [0.5, 0.6) is 5.75 Å². The Morgan fingerprint density at radius 2 is 1.83 bits per heavy atom. The third kappa shape index (κ3) is 3.52. The summed E-state index contributed by atoms with van der Waals surface area (Å²) in [6.45, 7) is 5.95. The number of ether oxygens (including phenoxy) is 1. The van der Waals surface area contributed by atoms with E-state index >= 15 is 0 Å². The number of hydrogen-bond donors (Lipinski definition) is 2. The molecule has 1 aromatic heterocycles. The smallest absolute Gasteiger partial charge is 0.258 e. The van der Waals surface area contributed by atoms with Crippen LogP contribution in [0.2, 0.25) is 0 Å². The molecule has 156 valence electrons. The number of nitriles is 1. The van der Waals surface area contributed by atoms with Gasteiger partial charge in [0.15, 0.2) is 0 Å². The Bertz CT molecular complexity index is 1050. The molecule has 0 aliphatic carbocycles. The maximum Gasteiger partial charge on any atom is 0.258 e. The largest absolute Gasteiger partial charge is 0.497 e. The Morgan fingerprint density at radius 1 is 1.17 bits per heavy atom. The third-order valence-electron chi connectivity index (χ3n) is 5.89. The first-order chi connectivity index (χ1) is 14.4. The molecule has 8 nitrogen and oxygen atoms in total. The van der Waals surface area contributed by atoms with Gasteiger partial charge in [-0.25, -0.2) is 0 Å². The second-order valence-electron chi connectivity index (χ2n) is 8.35. The number of nitrogens with one attached hydrogen (secondary N) is 2. The van der Waals surface area contributed by atoms with Gasteiger partial charge in [0.05, 0.1) is 18.7 Å². The van der Waals surface area contributed by atoms with E-state index in [1.54, 1.807) is 31.4 Å². The van der Waals surface area contributed by atoms with Gasteiger partial charge < -0.3 is 15.0 Å². The summed E-state index contributed by atoms with van der Waals surface area (Å²) in [6.07, 6.45) is 1.13. The predicted octanol–water partition coefficient (Wildman–Crippen LogP) is 2.48. The summed E-state index contributed by atoms with van der Waals surface area (Å²) < 4.78 is 5.19. The molecule has 2 aromatic rings. The third-order valence-corrected chi connectivity index (χ3v) is 5.89. The van der Waals surface area contributed by atoms with Gasteiger partial charge in [-0.3, -0.25) is 14.6 Å². The van der Waals surface area contributed by atoms with E-state index in [1.807, 2.05) is 0 Å². The van der Waals surface area contributed by atoms with E-state index in [2.05, 4.69) is 40.1 Å². The average Bonchev–Trinajstić information content (AvgIpc) is 2.72. The number of aromatic nitrogens is 2. The van der Waals surface area contributed by atoms with Crippen molar-refractivity contribution in [3.8, 4) is 11.8 Å². The summed E-state index contributed by atoms with van der Waals surface area (Å²) >= 11 is 0. The van der Waals surface area contributed by atoms with Gasteiger partial charge in [0, 0.05) is 19.0 Å². The van der Waals surface area contributed by atoms with Crippen molar-refractivity contribution in [1.29, 1.82) is 5.26 Å². The zero-order chi connectivity index (χ0) is 21.4. The van der Waals surface area contributed by atoms with Crippen LogP contribution in [0, 0.1) is 29.1 Å². The lowest BCUT2D eigenvalue weighted by molar-refractivity contribution is -0.119. The van der Waals surface area contributed by atoms with Crippen molar-refractivity contribution in [2.75, 3.05) is 30.4 Å². The van der Waals surface area contributed by atoms with Crippen LogP contribution in [0.1, 0.15) is 37.3 Å². The van der Waals surface area contributed by atoms with Crippen LogP contribution < -0.4 is 20.5 Å². The number of methoxy groups -OCH3 is 1. The molecule has 8 heteroatoms. The Morgan fingerprint density at radius 3 is 2.43 bits per heavy atom. The van der Waals surface area contributed by atoms with Crippen LogP contribution >= 0.6 is 0 Å². The van der Waals surface area contributed by atoms with Crippen molar-refractivity contribution in [2.45, 2.75) is 26.2 Å². The molecule has 1 aromatic carbocycles. The minimum absolute atomic E-state index is 0.233. The number of nitrogens with zero attached hydrogens (tertiary/aromatic N) is 3. The van der Waals surface area contributed by atoms with E-state index < -0.39 is 17.7 Å². The van der Waals surface area contributed by atoms with Gasteiger partial charge in [0.25, 0.3) is 5.56 Å². The van der Waals surface area contributed by atoms with Crippen molar-refractivity contribution in [3.05, 3.63) is 45.7 Å². The first-order valence-electron chi connectivity index (χ1n) is 10.1.